The molecule has 23 heavy (non-hydrogen) atoms. The van der Waals surface area contributed by atoms with E-state index in [9.17, 15) is 9.90 Å². The van der Waals surface area contributed by atoms with Gasteiger partial charge in [0.05, 0.1) is 18.8 Å². The van der Waals surface area contributed by atoms with Gasteiger partial charge in [0.2, 0.25) is 0 Å². The van der Waals surface area contributed by atoms with Gasteiger partial charge in [0.25, 0.3) is 5.91 Å². The quantitative estimate of drug-likeness (QED) is 0.809. The first-order valence-corrected chi connectivity index (χ1v) is 8.55. The lowest BCUT2D eigenvalue weighted by molar-refractivity contribution is 0.00191. The second kappa shape index (κ2) is 8.89. The van der Waals surface area contributed by atoms with Crippen LogP contribution in [0.4, 0.5) is 0 Å². The Labute approximate surface area is 138 Å². The number of nitrogens with one attached hydrogen (secondary N) is 1. The van der Waals surface area contributed by atoms with Crippen LogP contribution in [0, 0.1) is 5.92 Å². The van der Waals surface area contributed by atoms with Gasteiger partial charge in [-0.15, -0.1) is 0 Å². The third kappa shape index (κ3) is 4.69. The smallest absolute Gasteiger partial charge is 0.255 e. The second-order valence-corrected chi connectivity index (χ2v) is 6.02. The number of ether oxygens (including phenoxy) is 1. The fourth-order valence-corrected chi connectivity index (χ4v) is 3.29. The van der Waals surface area contributed by atoms with Gasteiger partial charge in [-0.1, -0.05) is 38.8 Å². The predicted octanol–water partition coefficient (Wildman–Crippen LogP) is 2.26. The van der Waals surface area contributed by atoms with Gasteiger partial charge in [-0.25, -0.2) is 0 Å². The van der Waals surface area contributed by atoms with E-state index in [-0.39, 0.29) is 11.7 Å². The summed E-state index contributed by atoms with van der Waals surface area (Å²) >= 11 is 0. The zero-order chi connectivity index (χ0) is 16.7. The standard InChI is InChI=1S/C18H28N2O3/c1-3-14(4-2)16(20-9-11-23-12-10-20)13-19-18(22)15-7-5-6-8-17(15)21/h5-8,14,16,21H,3-4,9-13H2,1-2H3,(H,19,22). The number of hydrogen-bond donors (Lipinski definition) is 2. The minimum Gasteiger partial charge on any atom is -0.507 e. The van der Waals surface area contributed by atoms with Gasteiger partial charge in [-0.2, -0.15) is 0 Å². The maximum absolute atomic E-state index is 12.3. The largest absolute Gasteiger partial charge is 0.507 e. The van der Waals surface area contributed by atoms with Crippen molar-refractivity contribution in [1.29, 1.82) is 0 Å². The molecule has 5 heteroatoms. The highest BCUT2D eigenvalue weighted by molar-refractivity contribution is 5.96. The normalized spacial score (nSPS) is 17.2. The average Bonchev–Trinajstić information content (AvgIpc) is 2.59. The number of benzene rings is 1. The van der Waals surface area contributed by atoms with Crippen molar-refractivity contribution in [3.63, 3.8) is 0 Å². The van der Waals surface area contributed by atoms with E-state index in [1.54, 1.807) is 18.2 Å². The van der Waals surface area contributed by atoms with Crippen molar-refractivity contribution >= 4 is 5.91 Å². The van der Waals surface area contributed by atoms with E-state index in [2.05, 4.69) is 24.1 Å². The first kappa shape index (κ1) is 17.8. The molecule has 1 atom stereocenters. The van der Waals surface area contributed by atoms with Gasteiger partial charge in [-0.3, -0.25) is 9.69 Å². The molecule has 1 fully saturated rings. The van der Waals surface area contributed by atoms with Crippen LogP contribution in [0.2, 0.25) is 0 Å². The molecule has 0 aromatic heterocycles. The van der Waals surface area contributed by atoms with E-state index < -0.39 is 0 Å². The first-order chi connectivity index (χ1) is 11.2. The van der Waals surface area contributed by atoms with Crippen molar-refractivity contribution in [2.45, 2.75) is 32.7 Å². The molecule has 128 valence electrons. The minimum atomic E-state index is -0.215. The SMILES string of the molecule is CCC(CC)C(CNC(=O)c1ccccc1O)N1CCOCC1. The predicted molar refractivity (Wildman–Crippen MR) is 90.7 cm³/mol. The van der Waals surface area contributed by atoms with Crippen molar-refractivity contribution in [2.24, 2.45) is 5.92 Å². The Hall–Kier alpha value is -1.59. The Morgan fingerprint density at radius 1 is 1.26 bits per heavy atom. The third-order valence-electron chi connectivity index (χ3n) is 4.73. The maximum atomic E-state index is 12.3. The Bertz CT molecular complexity index is 497. The van der Waals surface area contributed by atoms with Crippen LogP contribution in [-0.4, -0.2) is 54.8 Å². The Kier molecular flexibility index (Phi) is 6.86. The molecule has 1 heterocycles. The molecule has 0 saturated carbocycles. The number of amides is 1. The summed E-state index contributed by atoms with van der Waals surface area (Å²) in [5.41, 5.74) is 0.331. The molecular weight excluding hydrogens is 292 g/mol. The molecule has 0 spiro atoms. The molecule has 1 aliphatic heterocycles. The highest BCUT2D eigenvalue weighted by Crippen LogP contribution is 2.20. The van der Waals surface area contributed by atoms with Gasteiger partial charge >= 0.3 is 0 Å². The fraction of sp³-hybridized carbons (Fsp3) is 0.611. The van der Waals surface area contributed by atoms with Crippen LogP contribution in [0.5, 0.6) is 5.75 Å². The van der Waals surface area contributed by atoms with Crippen LogP contribution in [-0.2, 0) is 4.74 Å². The van der Waals surface area contributed by atoms with Gasteiger partial charge in [-0.05, 0) is 18.1 Å². The number of hydrogen-bond acceptors (Lipinski definition) is 4. The van der Waals surface area contributed by atoms with E-state index in [4.69, 9.17) is 4.74 Å². The number of carbonyl (C=O) groups is 1. The minimum absolute atomic E-state index is 0.0236. The Morgan fingerprint density at radius 3 is 2.52 bits per heavy atom. The third-order valence-corrected chi connectivity index (χ3v) is 4.73. The zero-order valence-electron chi connectivity index (χ0n) is 14.1. The average molecular weight is 320 g/mol. The van der Waals surface area contributed by atoms with Gasteiger partial charge in [0.15, 0.2) is 0 Å². The molecular formula is C18H28N2O3. The lowest BCUT2D eigenvalue weighted by atomic mass is 9.92. The number of para-hydroxylation sites is 1. The Morgan fingerprint density at radius 2 is 1.91 bits per heavy atom. The van der Waals surface area contributed by atoms with E-state index >= 15 is 0 Å². The highest BCUT2D eigenvalue weighted by Gasteiger charge is 2.27. The lowest BCUT2D eigenvalue weighted by Gasteiger charge is -2.38. The highest BCUT2D eigenvalue weighted by atomic mass is 16.5. The molecule has 1 unspecified atom stereocenters. The van der Waals surface area contributed by atoms with Gasteiger partial charge in [0.1, 0.15) is 5.75 Å². The van der Waals surface area contributed by atoms with Crippen LogP contribution >= 0.6 is 0 Å². The number of aromatic hydroxyl groups is 1. The summed E-state index contributed by atoms with van der Waals surface area (Å²) in [5.74, 6) is 0.348. The maximum Gasteiger partial charge on any atom is 0.255 e. The van der Waals surface area contributed by atoms with E-state index in [0.29, 0.717) is 24.1 Å². The van der Waals surface area contributed by atoms with Crippen molar-refractivity contribution in [3.8, 4) is 5.75 Å². The lowest BCUT2D eigenvalue weighted by Crippen LogP contribution is -2.52. The summed E-state index contributed by atoms with van der Waals surface area (Å²) in [6.45, 7) is 8.33. The molecule has 1 aliphatic rings. The molecule has 1 amide bonds. The summed E-state index contributed by atoms with van der Waals surface area (Å²) in [5, 5.41) is 12.8. The summed E-state index contributed by atoms with van der Waals surface area (Å²) < 4.78 is 5.45. The summed E-state index contributed by atoms with van der Waals surface area (Å²) in [6, 6.07) is 6.96. The van der Waals surface area contributed by atoms with Gasteiger partial charge in [0, 0.05) is 25.7 Å². The fourth-order valence-electron chi connectivity index (χ4n) is 3.29. The van der Waals surface area contributed by atoms with Crippen molar-refractivity contribution < 1.29 is 14.6 Å². The van der Waals surface area contributed by atoms with E-state index in [1.165, 1.54) is 6.07 Å². The zero-order valence-corrected chi connectivity index (χ0v) is 14.1. The van der Waals surface area contributed by atoms with Crippen molar-refractivity contribution in [2.75, 3.05) is 32.8 Å². The number of rotatable bonds is 7. The number of phenols is 1. The van der Waals surface area contributed by atoms with Crippen molar-refractivity contribution in [1.82, 2.24) is 10.2 Å². The molecule has 1 saturated heterocycles. The molecule has 1 aromatic carbocycles. The van der Waals surface area contributed by atoms with Crippen LogP contribution in [0.25, 0.3) is 0 Å². The molecule has 2 rings (SSSR count). The topological polar surface area (TPSA) is 61.8 Å². The molecule has 0 bridgehead atoms. The first-order valence-electron chi connectivity index (χ1n) is 8.55. The van der Waals surface area contributed by atoms with Crippen LogP contribution in [0.15, 0.2) is 24.3 Å². The molecule has 0 radical (unpaired) electrons. The number of phenolic OH excluding ortho intramolecular Hbond substituents is 1. The van der Waals surface area contributed by atoms with Crippen LogP contribution < -0.4 is 5.32 Å². The molecule has 1 aromatic rings. The molecule has 0 aliphatic carbocycles. The van der Waals surface area contributed by atoms with Crippen LogP contribution in [0.1, 0.15) is 37.0 Å². The Balaban J connectivity index is 2.02. The number of carbonyl (C=O) groups excluding carboxylic acids is 1. The van der Waals surface area contributed by atoms with Crippen LogP contribution in [0.3, 0.4) is 0 Å². The van der Waals surface area contributed by atoms with E-state index in [0.717, 1.165) is 39.1 Å². The molecule has 5 nitrogen and oxygen atoms in total. The summed E-state index contributed by atoms with van der Waals surface area (Å²) in [4.78, 5) is 14.8. The van der Waals surface area contributed by atoms with Gasteiger partial charge < -0.3 is 15.2 Å². The number of morpholine rings is 1. The number of nitrogens with zero attached hydrogens (tertiary/aromatic N) is 1. The summed E-state index contributed by atoms with van der Waals surface area (Å²) in [7, 11) is 0. The van der Waals surface area contributed by atoms with Crippen molar-refractivity contribution in [3.05, 3.63) is 29.8 Å². The van der Waals surface area contributed by atoms with E-state index in [1.807, 2.05) is 0 Å². The monoisotopic (exact) mass is 320 g/mol. The second-order valence-electron chi connectivity index (χ2n) is 6.02. The molecule has 2 N–H and O–H groups in total. The summed E-state index contributed by atoms with van der Waals surface area (Å²) in [6.07, 6.45) is 2.18.